The van der Waals surface area contributed by atoms with E-state index in [0.29, 0.717) is 11.0 Å². The van der Waals surface area contributed by atoms with Crippen molar-refractivity contribution in [3.8, 4) is 11.1 Å². The average Bonchev–Trinajstić information content (AvgIpc) is 3.07. The highest BCUT2D eigenvalue weighted by molar-refractivity contribution is 6.61. The predicted molar refractivity (Wildman–Crippen MR) is 106 cm³/mol. The fourth-order valence-corrected chi connectivity index (χ4v) is 3.62. The van der Waals surface area contributed by atoms with Gasteiger partial charge in [-0.15, -0.1) is 0 Å². The normalized spacial score (nSPS) is 11.5. The van der Waals surface area contributed by atoms with Gasteiger partial charge in [-0.25, -0.2) is 0 Å². The fourth-order valence-electron chi connectivity index (χ4n) is 3.62. The molecule has 0 saturated carbocycles. The Hall–Kier alpha value is -3.08. The van der Waals surface area contributed by atoms with E-state index in [0.717, 1.165) is 32.7 Å². The third-order valence-electron chi connectivity index (χ3n) is 4.90. The van der Waals surface area contributed by atoms with Crippen molar-refractivity contribution >= 4 is 45.3 Å². The van der Waals surface area contributed by atoms with Gasteiger partial charge in [0.25, 0.3) is 0 Å². The van der Waals surface area contributed by atoms with E-state index in [1.807, 2.05) is 36.4 Å². The maximum absolute atomic E-state index is 9.62. The Bertz CT molecular complexity index is 1260. The summed E-state index contributed by atoms with van der Waals surface area (Å²) < 4.78 is 6.08. The van der Waals surface area contributed by atoms with E-state index in [1.165, 1.54) is 5.56 Å². The van der Waals surface area contributed by atoms with E-state index < -0.39 is 7.12 Å². The van der Waals surface area contributed by atoms with E-state index in [4.69, 9.17) is 4.42 Å². The molecule has 0 radical (unpaired) electrons. The zero-order valence-electron chi connectivity index (χ0n) is 13.9. The van der Waals surface area contributed by atoms with Crippen LogP contribution in [0.2, 0.25) is 0 Å². The van der Waals surface area contributed by atoms with Gasteiger partial charge in [0, 0.05) is 21.6 Å². The van der Waals surface area contributed by atoms with Crippen LogP contribution in [0.4, 0.5) is 0 Å². The van der Waals surface area contributed by atoms with Gasteiger partial charge in [-0.3, -0.25) is 0 Å². The van der Waals surface area contributed by atoms with Crippen LogP contribution in [0.15, 0.2) is 83.3 Å². The lowest BCUT2D eigenvalue weighted by Crippen LogP contribution is -2.29. The van der Waals surface area contributed by atoms with Crippen molar-refractivity contribution in [3.05, 3.63) is 78.9 Å². The van der Waals surface area contributed by atoms with Gasteiger partial charge < -0.3 is 14.5 Å². The largest absolute Gasteiger partial charge is 0.492 e. The van der Waals surface area contributed by atoms with Crippen LogP contribution < -0.4 is 5.46 Å². The Labute approximate surface area is 150 Å². The van der Waals surface area contributed by atoms with E-state index in [1.54, 1.807) is 6.07 Å². The summed E-state index contributed by atoms with van der Waals surface area (Å²) in [6.07, 6.45) is 0. The number of para-hydroxylation sites is 1. The van der Waals surface area contributed by atoms with Crippen molar-refractivity contribution in [1.29, 1.82) is 0 Å². The molecule has 0 amide bonds. The number of hydrogen-bond donors (Lipinski definition) is 2. The van der Waals surface area contributed by atoms with Crippen LogP contribution in [0, 0.1) is 0 Å². The van der Waals surface area contributed by atoms with Crippen molar-refractivity contribution in [2.45, 2.75) is 0 Å². The third-order valence-corrected chi connectivity index (χ3v) is 4.90. The van der Waals surface area contributed by atoms with Crippen LogP contribution in [0.1, 0.15) is 0 Å². The number of fused-ring (bicyclic) bond motifs is 5. The molecule has 1 aromatic heterocycles. The zero-order chi connectivity index (χ0) is 17.7. The van der Waals surface area contributed by atoms with Gasteiger partial charge in [0.05, 0.1) is 0 Å². The van der Waals surface area contributed by atoms with E-state index in [-0.39, 0.29) is 0 Å². The summed E-state index contributed by atoms with van der Waals surface area (Å²) in [5.74, 6) is 0. The quantitative estimate of drug-likeness (QED) is 0.477. The summed E-state index contributed by atoms with van der Waals surface area (Å²) in [5, 5.41) is 23.2. The SMILES string of the molecule is OB(O)c1cccc2c1oc1c3ccc(-c4ccccc4)cc3ccc21. The first kappa shape index (κ1) is 15.2. The lowest BCUT2D eigenvalue weighted by molar-refractivity contribution is 0.425. The summed E-state index contributed by atoms with van der Waals surface area (Å²) in [4.78, 5) is 0. The molecule has 0 saturated heterocycles. The molecule has 5 aromatic rings. The Morgan fingerprint density at radius 2 is 1.38 bits per heavy atom. The lowest BCUT2D eigenvalue weighted by Gasteiger charge is -2.04. The molecule has 0 unspecified atom stereocenters. The van der Waals surface area contributed by atoms with E-state index >= 15 is 0 Å². The lowest BCUT2D eigenvalue weighted by atomic mass is 9.79. The molecule has 0 fully saturated rings. The van der Waals surface area contributed by atoms with Crippen molar-refractivity contribution in [2.24, 2.45) is 0 Å². The molecule has 4 aromatic carbocycles. The van der Waals surface area contributed by atoms with Gasteiger partial charge in [-0.05, 0) is 34.7 Å². The molecule has 2 N–H and O–H groups in total. The number of hydrogen-bond acceptors (Lipinski definition) is 3. The van der Waals surface area contributed by atoms with Crippen LogP contribution in [0.3, 0.4) is 0 Å². The van der Waals surface area contributed by atoms with Crippen molar-refractivity contribution < 1.29 is 14.5 Å². The van der Waals surface area contributed by atoms with Crippen LogP contribution >= 0.6 is 0 Å². The molecule has 0 atom stereocenters. The Morgan fingerprint density at radius 1 is 0.615 bits per heavy atom. The molecular formula is C22H15BO3. The molecule has 0 aliphatic rings. The molecule has 0 aliphatic carbocycles. The summed E-state index contributed by atoms with van der Waals surface area (Å²) >= 11 is 0. The maximum Gasteiger partial charge on any atom is 0.492 e. The molecule has 1 heterocycles. The molecule has 26 heavy (non-hydrogen) atoms. The van der Waals surface area contributed by atoms with Crippen molar-refractivity contribution in [1.82, 2.24) is 0 Å². The van der Waals surface area contributed by atoms with Crippen LogP contribution in [-0.2, 0) is 0 Å². The third kappa shape index (κ3) is 2.24. The molecule has 0 aliphatic heterocycles. The molecule has 4 heteroatoms. The van der Waals surface area contributed by atoms with Gasteiger partial charge in [-0.1, -0.05) is 60.7 Å². The second-order valence-electron chi connectivity index (χ2n) is 6.44. The van der Waals surface area contributed by atoms with Gasteiger partial charge in [-0.2, -0.15) is 0 Å². The average molecular weight is 338 g/mol. The molecule has 0 spiro atoms. The molecule has 5 rings (SSSR count). The van der Waals surface area contributed by atoms with Crippen LogP contribution in [-0.4, -0.2) is 17.2 Å². The van der Waals surface area contributed by atoms with Gasteiger partial charge >= 0.3 is 7.12 Å². The highest BCUT2D eigenvalue weighted by Gasteiger charge is 2.19. The topological polar surface area (TPSA) is 53.6 Å². The number of furan rings is 1. The van der Waals surface area contributed by atoms with E-state index in [2.05, 4.69) is 36.4 Å². The Kier molecular flexibility index (Phi) is 3.35. The Morgan fingerprint density at radius 3 is 2.19 bits per heavy atom. The highest BCUT2D eigenvalue weighted by Crippen LogP contribution is 2.35. The monoisotopic (exact) mass is 338 g/mol. The predicted octanol–water partition coefficient (Wildman–Crippen LogP) is 4.09. The zero-order valence-corrected chi connectivity index (χ0v) is 13.9. The van der Waals surface area contributed by atoms with Crippen molar-refractivity contribution in [2.75, 3.05) is 0 Å². The van der Waals surface area contributed by atoms with Gasteiger partial charge in [0.1, 0.15) is 11.2 Å². The first-order chi connectivity index (χ1) is 12.7. The minimum absolute atomic E-state index is 0.382. The minimum atomic E-state index is -1.56. The highest BCUT2D eigenvalue weighted by atomic mass is 16.4. The molecule has 124 valence electrons. The minimum Gasteiger partial charge on any atom is -0.456 e. The number of rotatable bonds is 2. The second-order valence-corrected chi connectivity index (χ2v) is 6.44. The van der Waals surface area contributed by atoms with Crippen LogP contribution in [0.5, 0.6) is 0 Å². The first-order valence-corrected chi connectivity index (χ1v) is 8.52. The van der Waals surface area contributed by atoms with E-state index in [9.17, 15) is 10.0 Å². The summed E-state index contributed by atoms with van der Waals surface area (Å²) in [7, 11) is -1.56. The smallest absolute Gasteiger partial charge is 0.456 e. The summed E-state index contributed by atoms with van der Waals surface area (Å²) in [6.45, 7) is 0. The second kappa shape index (κ2) is 5.73. The fraction of sp³-hybridized carbons (Fsp3) is 0. The molecule has 3 nitrogen and oxygen atoms in total. The molecule has 0 bridgehead atoms. The summed E-state index contributed by atoms with van der Waals surface area (Å²) in [6, 6.07) is 26.1. The van der Waals surface area contributed by atoms with Gasteiger partial charge in [0.15, 0.2) is 0 Å². The van der Waals surface area contributed by atoms with Gasteiger partial charge in [0.2, 0.25) is 0 Å². The van der Waals surface area contributed by atoms with Crippen LogP contribution in [0.25, 0.3) is 43.8 Å². The standard InChI is InChI=1S/C22H15BO3/c24-23(25)20-8-4-7-18-19-12-10-16-13-15(14-5-2-1-3-6-14)9-11-17(16)21(19)26-22(18)20/h1-13,24-25H. The number of benzene rings is 4. The van der Waals surface area contributed by atoms with Crippen molar-refractivity contribution in [3.63, 3.8) is 0 Å². The first-order valence-electron chi connectivity index (χ1n) is 8.52. The maximum atomic E-state index is 9.62. The Balaban J connectivity index is 1.80. The molecular weight excluding hydrogens is 323 g/mol. The summed E-state index contributed by atoms with van der Waals surface area (Å²) in [5.41, 5.74) is 4.00.